The van der Waals surface area contributed by atoms with Gasteiger partial charge in [-0.15, -0.1) is 0 Å². The molecule has 0 bridgehead atoms. The van der Waals surface area contributed by atoms with E-state index in [4.69, 9.17) is 0 Å². The van der Waals surface area contributed by atoms with E-state index in [2.05, 4.69) is 43.8 Å². The Kier molecular flexibility index (Phi) is 3.52. The van der Waals surface area contributed by atoms with Crippen molar-refractivity contribution in [2.75, 3.05) is 7.05 Å². The third-order valence-corrected chi connectivity index (χ3v) is 2.79. The summed E-state index contributed by atoms with van der Waals surface area (Å²) in [6.07, 6.45) is 0. The van der Waals surface area contributed by atoms with Crippen LogP contribution >= 0.6 is 38.5 Å². The molecule has 0 saturated carbocycles. The molecule has 1 N–H and O–H groups in total. The van der Waals surface area contributed by atoms with E-state index in [1.54, 1.807) is 13.1 Å². The number of carbonyl (C=O) groups is 1. The Balaban J connectivity index is 3.09. The van der Waals surface area contributed by atoms with Gasteiger partial charge < -0.3 is 5.32 Å². The highest BCUT2D eigenvalue weighted by atomic mass is 127. The van der Waals surface area contributed by atoms with Crippen LogP contribution in [0.1, 0.15) is 10.4 Å². The summed E-state index contributed by atoms with van der Waals surface area (Å²) >= 11 is 5.46. The van der Waals surface area contributed by atoms with Crippen LogP contribution in [0.4, 0.5) is 0 Å². The number of hydrogen-bond acceptors (Lipinski definition) is 1. The zero-order valence-electron chi connectivity index (χ0n) is 6.40. The SMILES string of the molecule is CNC(=O)c1ccc(Br)cc1I. The first-order chi connectivity index (χ1) is 5.65. The Hall–Kier alpha value is -0.100. The van der Waals surface area contributed by atoms with E-state index in [-0.39, 0.29) is 5.91 Å². The maximum absolute atomic E-state index is 11.2. The molecule has 1 aromatic rings. The zero-order valence-corrected chi connectivity index (χ0v) is 10.1. The highest BCUT2D eigenvalue weighted by Crippen LogP contribution is 2.18. The maximum Gasteiger partial charge on any atom is 0.252 e. The summed E-state index contributed by atoms with van der Waals surface area (Å²) in [5, 5.41) is 2.58. The van der Waals surface area contributed by atoms with Crippen molar-refractivity contribution in [1.29, 1.82) is 0 Å². The maximum atomic E-state index is 11.2. The van der Waals surface area contributed by atoms with Crippen LogP contribution in [0, 0.1) is 3.57 Å². The molecular weight excluding hydrogens is 333 g/mol. The predicted octanol–water partition coefficient (Wildman–Crippen LogP) is 2.41. The lowest BCUT2D eigenvalue weighted by Crippen LogP contribution is -2.18. The Bertz CT molecular complexity index is 314. The van der Waals surface area contributed by atoms with E-state index in [9.17, 15) is 4.79 Å². The lowest BCUT2D eigenvalue weighted by Gasteiger charge is -2.02. The van der Waals surface area contributed by atoms with Crippen LogP contribution in [0.5, 0.6) is 0 Å². The van der Waals surface area contributed by atoms with Crippen LogP contribution in [0.25, 0.3) is 0 Å². The molecule has 0 atom stereocenters. The summed E-state index contributed by atoms with van der Waals surface area (Å²) in [5.74, 6) is -0.0492. The zero-order chi connectivity index (χ0) is 9.14. The van der Waals surface area contributed by atoms with E-state index in [0.717, 1.165) is 8.04 Å². The molecular formula is C8H7BrINO. The average molecular weight is 340 g/mol. The van der Waals surface area contributed by atoms with Gasteiger partial charge in [0.05, 0.1) is 5.56 Å². The third kappa shape index (κ3) is 2.20. The largest absolute Gasteiger partial charge is 0.355 e. The van der Waals surface area contributed by atoms with Crippen molar-refractivity contribution in [2.24, 2.45) is 0 Å². The van der Waals surface area contributed by atoms with Gasteiger partial charge in [-0.05, 0) is 40.8 Å². The number of hydrogen-bond donors (Lipinski definition) is 1. The average Bonchev–Trinajstić information content (AvgIpc) is 2.03. The summed E-state index contributed by atoms with van der Waals surface area (Å²) < 4.78 is 1.93. The van der Waals surface area contributed by atoms with Crippen LogP contribution in [0.3, 0.4) is 0 Å². The highest BCUT2D eigenvalue weighted by molar-refractivity contribution is 14.1. The number of benzene rings is 1. The highest BCUT2D eigenvalue weighted by Gasteiger charge is 2.06. The van der Waals surface area contributed by atoms with Crippen LogP contribution in [0.2, 0.25) is 0 Å². The van der Waals surface area contributed by atoms with Gasteiger partial charge in [-0.2, -0.15) is 0 Å². The van der Waals surface area contributed by atoms with E-state index < -0.39 is 0 Å². The van der Waals surface area contributed by atoms with Gasteiger partial charge in [0.1, 0.15) is 0 Å². The summed E-state index contributed by atoms with van der Waals surface area (Å²) in [5.41, 5.74) is 0.710. The molecule has 0 unspecified atom stereocenters. The first kappa shape index (κ1) is 9.98. The molecule has 0 heterocycles. The van der Waals surface area contributed by atoms with Gasteiger partial charge in [0, 0.05) is 15.1 Å². The molecule has 0 aliphatic carbocycles. The van der Waals surface area contributed by atoms with Gasteiger partial charge in [-0.25, -0.2) is 0 Å². The minimum Gasteiger partial charge on any atom is -0.355 e. The van der Waals surface area contributed by atoms with Crippen molar-refractivity contribution in [2.45, 2.75) is 0 Å². The standard InChI is InChI=1S/C8H7BrINO/c1-11-8(12)6-3-2-5(9)4-7(6)10/h2-4H,1H3,(H,11,12). The lowest BCUT2D eigenvalue weighted by atomic mass is 10.2. The number of amides is 1. The van der Waals surface area contributed by atoms with E-state index in [1.807, 2.05) is 12.1 Å². The molecule has 64 valence electrons. The molecule has 4 heteroatoms. The molecule has 0 aromatic heterocycles. The van der Waals surface area contributed by atoms with Gasteiger partial charge in [-0.1, -0.05) is 15.9 Å². The normalized spacial score (nSPS) is 9.58. The van der Waals surface area contributed by atoms with E-state index in [0.29, 0.717) is 5.56 Å². The van der Waals surface area contributed by atoms with Crippen molar-refractivity contribution >= 4 is 44.4 Å². The second kappa shape index (κ2) is 4.23. The van der Waals surface area contributed by atoms with Gasteiger partial charge >= 0.3 is 0 Å². The van der Waals surface area contributed by atoms with Crippen LogP contribution in [0.15, 0.2) is 22.7 Å². The molecule has 0 aliphatic rings. The Morgan fingerprint density at radius 1 is 1.58 bits per heavy atom. The minimum atomic E-state index is -0.0492. The summed E-state index contributed by atoms with van der Waals surface area (Å²) in [4.78, 5) is 11.2. The fraction of sp³-hybridized carbons (Fsp3) is 0.125. The molecule has 0 spiro atoms. The topological polar surface area (TPSA) is 29.1 Å². The third-order valence-electron chi connectivity index (χ3n) is 1.40. The van der Waals surface area contributed by atoms with Crippen molar-refractivity contribution in [1.82, 2.24) is 5.32 Å². The fourth-order valence-corrected chi connectivity index (χ4v) is 2.36. The van der Waals surface area contributed by atoms with Crippen LogP contribution < -0.4 is 5.32 Å². The van der Waals surface area contributed by atoms with Crippen molar-refractivity contribution in [3.63, 3.8) is 0 Å². The molecule has 1 amide bonds. The van der Waals surface area contributed by atoms with Crippen LogP contribution in [-0.4, -0.2) is 13.0 Å². The van der Waals surface area contributed by atoms with Gasteiger partial charge in [0.15, 0.2) is 0 Å². The summed E-state index contributed by atoms with van der Waals surface area (Å²) in [6.45, 7) is 0. The van der Waals surface area contributed by atoms with Crippen molar-refractivity contribution < 1.29 is 4.79 Å². The van der Waals surface area contributed by atoms with Gasteiger partial charge in [0.2, 0.25) is 0 Å². The van der Waals surface area contributed by atoms with Gasteiger partial charge in [0.25, 0.3) is 5.91 Å². The molecule has 0 fully saturated rings. The predicted molar refractivity (Wildman–Crippen MR) is 60.2 cm³/mol. The Morgan fingerprint density at radius 2 is 2.25 bits per heavy atom. The monoisotopic (exact) mass is 339 g/mol. The number of halogens is 2. The molecule has 0 aliphatic heterocycles. The fourth-order valence-electron chi connectivity index (χ4n) is 0.808. The second-order valence-electron chi connectivity index (χ2n) is 2.20. The van der Waals surface area contributed by atoms with Crippen LogP contribution in [-0.2, 0) is 0 Å². The molecule has 0 radical (unpaired) electrons. The number of rotatable bonds is 1. The summed E-state index contributed by atoms with van der Waals surface area (Å²) in [7, 11) is 1.63. The van der Waals surface area contributed by atoms with E-state index >= 15 is 0 Å². The molecule has 1 aromatic carbocycles. The Morgan fingerprint density at radius 3 is 2.75 bits per heavy atom. The molecule has 0 saturated heterocycles. The minimum absolute atomic E-state index is 0.0492. The molecule has 12 heavy (non-hydrogen) atoms. The van der Waals surface area contributed by atoms with Crippen molar-refractivity contribution in [3.8, 4) is 0 Å². The smallest absolute Gasteiger partial charge is 0.252 e. The lowest BCUT2D eigenvalue weighted by molar-refractivity contribution is 0.0962. The first-order valence-corrected chi connectivity index (χ1v) is 5.19. The summed E-state index contributed by atoms with van der Waals surface area (Å²) in [6, 6.07) is 5.56. The van der Waals surface area contributed by atoms with Crippen molar-refractivity contribution in [3.05, 3.63) is 31.8 Å². The van der Waals surface area contributed by atoms with E-state index in [1.165, 1.54) is 0 Å². The second-order valence-corrected chi connectivity index (χ2v) is 4.28. The molecule has 1 rings (SSSR count). The molecule has 2 nitrogen and oxygen atoms in total. The quantitative estimate of drug-likeness (QED) is 0.782. The number of nitrogens with one attached hydrogen (secondary N) is 1. The Labute approximate surface area is 93.0 Å². The number of carbonyl (C=O) groups excluding carboxylic acids is 1. The van der Waals surface area contributed by atoms with Gasteiger partial charge in [-0.3, -0.25) is 4.79 Å². The first-order valence-electron chi connectivity index (χ1n) is 3.32.